The van der Waals surface area contributed by atoms with Gasteiger partial charge in [0.2, 0.25) is 0 Å². The van der Waals surface area contributed by atoms with E-state index >= 15 is 0 Å². The number of anilines is 2. The van der Waals surface area contributed by atoms with Crippen molar-refractivity contribution in [3.63, 3.8) is 0 Å². The molecule has 2 aromatic rings. The van der Waals surface area contributed by atoms with Gasteiger partial charge in [-0.05, 0) is 42.5 Å². The molecule has 2 rings (SSSR count). The maximum Gasteiger partial charge on any atom is 0.337 e. The van der Waals surface area contributed by atoms with Crippen LogP contribution in [0.5, 0.6) is 0 Å². The first-order valence-corrected chi connectivity index (χ1v) is 8.36. The third kappa shape index (κ3) is 4.85. The van der Waals surface area contributed by atoms with Gasteiger partial charge in [0.15, 0.2) is 5.11 Å². The molecule has 0 saturated heterocycles. The highest BCUT2D eigenvalue weighted by Gasteiger charge is 2.14. The molecule has 26 heavy (non-hydrogen) atoms. The van der Waals surface area contributed by atoms with Crippen molar-refractivity contribution in [1.29, 1.82) is 0 Å². The Balaban J connectivity index is 2.26. The van der Waals surface area contributed by atoms with E-state index in [1.165, 1.54) is 32.4 Å². The highest BCUT2D eigenvalue weighted by Crippen LogP contribution is 2.29. The fourth-order valence-corrected chi connectivity index (χ4v) is 2.63. The monoisotopic (exact) mass is 412 g/mol. The summed E-state index contributed by atoms with van der Waals surface area (Å²) in [5.41, 5.74) is 1.24. The molecule has 0 aromatic heterocycles. The van der Waals surface area contributed by atoms with E-state index in [1.807, 2.05) is 0 Å². The predicted octanol–water partition coefficient (Wildman–Crippen LogP) is 4.38. The van der Waals surface area contributed by atoms with Crippen LogP contribution in [0.4, 0.5) is 11.4 Å². The number of methoxy groups -OCH3 is 2. The lowest BCUT2D eigenvalue weighted by molar-refractivity contribution is 0.0599. The van der Waals surface area contributed by atoms with Crippen molar-refractivity contribution in [3.05, 3.63) is 57.6 Å². The van der Waals surface area contributed by atoms with Crippen molar-refractivity contribution in [3.8, 4) is 0 Å². The van der Waals surface area contributed by atoms with Crippen LogP contribution in [0.3, 0.4) is 0 Å². The number of halogens is 2. The standard InChI is InChI=1S/C17H14Cl2N2O4S/c1-24-15(22)9-6-10(16(23)25-2)8-11(7-9)20-17(26)21-13-5-3-4-12(18)14(13)19/h3-8H,1-2H3,(H2,20,21,26). The normalized spacial score (nSPS) is 10.0. The van der Waals surface area contributed by atoms with Crippen molar-refractivity contribution < 1.29 is 19.1 Å². The first-order valence-electron chi connectivity index (χ1n) is 7.19. The average Bonchev–Trinajstić information content (AvgIpc) is 2.63. The zero-order valence-electron chi connectivity index (χ0n) is 13.8. The average molecular weight is 413 g/mol. The smallest absolute Gasteiger partial charge is 0.337 e. The second kappa shape index (κ2) is 8.84. The molecule has 0 aliphatic rings. The first-order chi connectivity index (χ1) is 12.3. The number of hydrogen-bond donors (Lipinski definition) is 2. The summed E-state index contributed by atoms with van der Waals surface area (Å²) in [4.78, 5) is 23.6. The van der Waals surface area contributed by atoms with Crippen LogP contribution in [0.15, 0.2) is 36.4 Å². The number of thiocarbonyl (C=S) groups is 1. The SMILES string of the molecule is COC(=O)c1cc(NC(=S)Nc2cccc(Cl)c2Cl)cc(C(=O)OC)c1. The van der Waals surface area contributed by atoms with E-state index in [1.54, 1.807) is 18.2 Å². The Morgan fingerprint density at radius 2 is 1.54 bits per heavy atom. The highest BCUT2D eigenvalue weighted by atomic mass is 35.5. The Labute approximate surface area is 165 Å². The molecule has 0 bridgehead atoms. The molecule has 136 valence electrons. The number of ether oxygens (including phenoxy) is 2. The maximum absolute atomic E-state index is 11.8. The van der Waals surface area contributed by atoms with Crippen LogP contribution in [0.25, 0.3) is 0 Å². The lowest BCUT2D eigenvalue weighted by atomic mass is 10.1. The van der Waals surface area contributed by atoms with Crippen LogP contribution in [0, 0.1) is 0 Å². The van der Waals surface area contributed by atoms with E-state index < -0.39 is 11.9 Å². The molecule has 0 unspecified atom stereocenters. The molecule has 0 saturated carbocycles. The van der Waals surface area contributed by atoms with Crippen LogP contribution in [0.2, 0.25) is 10.0 Å². The summed E-state index contributed by atoms with van der Waals surface area (Å²) in [5.74, 6) is -1.20. The topological polar surface area (TPSA) is 76.7 Å². The van der Waals surface area contributed by atoms with Crippen molar-refractivity contribution in [1.82, 2.24) is 0 Å². The zero-order chi connectivity index (χ0) is 19.3. The highest BCUT2D eigenvalue weighted by molar-refractivity contribution is 7.80. The van der Waals surface area contributed by atoms with Gasteiger partial charge in [0.25, 0.3) is 0 Å². The predicted molar refractivity (Wildman–Crippen MR) is 105 cm³/mol. The van der Waals surface area contributed by atoms with Gasteiger partial charge in [0, 0.05) is 5.69 Å². The number of rotatable bonds is 4. The molecule has 0 aliphatic heterocycles. The molecule has 0 atom stereocenters. The Morgan fingerprint density at radius 3 is 2.08 bits per heavy atom. The van der Waals surface area contributed by atoms with Gasteiger partial charge in [-0.3, -0.25) is 0 Å². The van der Waals surface area contributed by atoms with E-state index in [4.69, 9.17) is 35.4 Å². The van der Waals surface area contributed by atoms with E-state index in [2.05, 4.69) is 20.1 Å². The molecule has 0 aliphatic carbocycles. The second-order valence-corrected chi connectivity index (χ2v) is 6.16. The summed E-state index contributed by atoms with van der Waals surface area (Å²) in [6.07, 6.45) is 0. The number of esters is 2. The number of benzene rings is 2. The molecule has 9 heteroatoms. The van der Waals surface area contributed by atoms with E-state index in [0.717, 1.165) is 0 Å². The molecular formula is C17H14Cl2N2O4S. The van der Waals surface area contributed by atoms with Crippen molar-refractivity contribution in [2.75, 3.05) is 24.9 Å². The number of nitrogens with one attached hydrogen (secondary N) is 2. The summed E-state index contributed by atoms with van der Waals surface area (Å²) in [6.45, 7) is 0. The quantitative estimate of drug-likeness (QED) is 0.569. The Morgan fingerprint density at radius 1 is 0.962 bits per heavy atom. The fraction of sp³-hybridized carbons (Fsp3) is 0.118. The molecule has 0 spiro atoms. The Hall–Kier alpha value is -2.35. The van der Waals surface area contributed by atoms with Gasteiger partial charge >= 0.3 is 11.9 Å². The number of carbonyl (C=O) groups is 2. The molecule has 0 fully saturated rings. The van der Waals surface area contributed by atoms with Crippen LogP contribution in [0.1, 0.15) is 20.7 Å². The Kier molecular flexibility index (Phi) is 6.79. The Bertz CT molecular complexity index is 840. The summed E-state index contributed by atoms with van der Waals surface area (Å²) in [5, 5.41) is 6.65. The van der Waals surface area contributed by atoms with Gasteiger partial charge in [-0.25, -0.2) is 9.59 Å². The third-order valence-corrected chi connectivity index (χ3v) is 4.26. The van der Waals surface area contributed by atoms with Crippen molar-refractivity contribution in [2.24, 2.45) is 0 Å². The minimum absolute atomic E-state index is 0.168. The lowest BCUT2D eigenvalue weighted by Gasteiger charge is -2.14. The molecule has 0 radical (unpaired) electrons. The van der Waals surface area contributed by atoms with Gasteiger partial charge < -0.3 is 20.1 Å². The molecule has 0 heterocycles. The van der Waals surface area contributed by atoms with Gasteiger partial charge in [-0.2, -0.15) is 0 Å². The van der Waals surface area contributed by atoms with Crippen LogP contribution in [-0.2, 0) is 9.47 Å². The largest absolute Gasteiger partial charge is 0.465 e. The van der Waals surface area contributed by atoms with Crippen molar-refractivity contribution in [2.45, 2.75) is 0 Å². The minimum Gasteiger partial charge on any atom is -0.465 e. The van der Waals surface area contributed by atoms with Crippen LogP contribution in [-0.4, -0.2) is 31.3 Å². The van der Waals surface area contributed by atoms with Gasteiger partial charge in [0.1, 0.15) is 0 Å². The summed E-state index contributed by atoms with van der Waals surface area (Å²) in [7, 11) is 2.49. The minimum atomic E-state index is -0.601. The van der Waals surface area contributed by atoms with E-state index in [-0.39, 0.29) is 16.2 Å². The summed E-state index contributed by atoms with van der Waals surface area (Å²) >= 11 is 17.3. The van der Waals surface area contributed by atoms with Crippen molar-refractivity contribution >= 4 is 63.8 Å². The van der Waals surface area contributed by atoms with Gasteiger partial charge in [0.05, 0.1) is 41.1 Å². The van der Waals surface area contributed by atoms with Crippen LogP contribution < -0.4 is 10.6 Å². The van der Waals surface area contributed by atoms with E-state index in [0.29, 0.717) is 21.4 Å². The molecule has 6 nitrogen and oxygen atoms in total. The first kappa shape index (κ1) is 20.0. The second-order valence-electron chi connectivity index (χ2n) is 4.96. The molecule has 2 aromatic carbocycles. The fourth-order valence-electron chi connectivity index (χ4n) is 2.06. The van der Waals surface area contributed by atoms with Gasteiger partial charge in [-0.1, -0.05) is 29.3 Å². The molecule has 2 N–H and O–H groups in total. The summed E-state index contributed by atoms with van der Waals surface area (Å²) < 4.78 is 9.38. The van der Waals surface area contributed by atoms with E-state index in [9.17, 15) is 9.59 Å². The third-order valence-electron chi connectivity index (χ3n) is 3.23. The molecular weight excluding hydrogens is 399 g/mol. The zero-order valence-corrected chi connectivity index (χ0v) is 16.1. The number of hydrogen-bond acceptors (Lipinski definition) is 5. The maximum atomic E-state index is 11.8. The van der Waals surface area contributed by atoms with Gasteiger partial charge in [-0.15, -0.1) is 0 Å². The lowest BCUT2D eigenvalue weighted by Crippen LogP contribution is -2.20. The van der Waals surface area contributed by atoms with Crippen LogP contribution >= 0.6 is 35.4 Å². The molecule has 0 amide bonds. The number of carbonyl (C=O) groups excluding carboxylic acids is 2. The summed E-state index contributed by atoms with van der Waals surface area (Å²) in [6, 6.07) is 9.41.